The van der Waals surface area contributed by atoms with E-state index < -0.39 is 36.0 Å². The first kappa shape index (κ1) is 18.5. The molecule has 1 aromatic carbocycles. The van der Waals surface area contributed by atoms with Crippen molar-refractivity contribution >= 4 is 17.7 Å². The number of alkyl halides is 3. The number of hydrogen-bond donors (Lipinski definition) is 2. The fourth-order valence-electron chi connectivity index (χ4n) is 2.31. The minimum Gasteiger partial charge on any atom is -0.481 e. The molecule has 1 heterocycles. The van der Waals surface area contributed by atoms with E-state index in [-0.39, 0.29) is 12.2 Å². The summed E-state index contributed by atoms with van der Waals surface area (Å²) in [5, 5.41) is 15.0. The third-order valence-corrected chi connectivity index (χ3v) is 3.46. The summed E-state index contributed by atoms with van der Waals surface area (Å²) in [6.45, 7) is 1.64. The highest BCUT2D eigenvalue weighted by Gasteiger charge is 2.30. The lowest BCUT2D eigenvalue weighted by atomic mass is 9.91. The van der Waals surface area contributed by atoms with Crippen molar-refractivity contribution in [3.63, 3.8) is 0 Å². The van der Waals surface area contributed by atoms with Crippen LogP contribution in [0.3, 0.4) is 0 Å². The van der Waals surface area contributed by atoms with Gasteiger partial charge in [-0.15, -0.1) is 0 Å². The summed E-state index contributed by atoms with van der Waals surface area (Å²) in [5.74, 6) is -1.77. The van der Waals surface area contributed by atoms with Gasteiger partial charge in [0.2, 0.25) is 5.91 Å². The topological polar surface area (TPSA) is 92.4 Å². The number of carboxylic acids is 1. The van der Waals surface area contributed by atoms with E-state index >= 15 is 0 Å². The maximum absolute atomic E-state index is 12.6. The molecule has 0 unspecified atom stereocenters. The maximum atomic E-state index is 12.6. The zero-order valence-corrected chi connectivity index (χ0v) is 13.1. The van der Waals surface area contributed by atoms with Crippen LogP contribution in [0, 0.1) is 6.92 Å². The molecule has 0 saturated carbocycles. The highest BCUT2D eigenvalue weighted by molar-refractivity contribution is 5.90. The number of amides is 1. The quantitative estimate of drug-likeness (QED) is 0.825. The van der Waals surface area contributed by atoms with Gasteiger partial charge >= 0.3 is 12.1 Å². The summed E-state index contributed by atoms with van der Waals surface area (Å²) >= 11 is 0. The van der Waals surface area contributed by atoms with Gasteiger partial charge in [0.25, 0.3) is 0 Å². The molecule has 2 N–H and O–H groups in total. The van der Waals surface area contributed by atoms with Crippen molar-refractivity contribution in [2.45, 2.75) is 31.9 Å². The Balaban J connectivity index is 2.12. The van der Waals surface area contributed by atoms with E-state index in [0.717, 1.165) is 12.1 Å². The molecule has 1 amide bonds. The summed E-state index contributed by atoms with van der Waals surface area (Å²) in [6.07, 6.45) is -5.09. The van der Waals surface area contributed by atoms with E-state index in [0.29, 0.717) is 11.3 Å². The minimum absolute atomic E-state index is 0.184. The Bertz CT molecular complexity index is 753. The summed E-state index contributed by atoms with van der Waals surface area (Å²) in [6, 6.07) is 5.59. The van der Waals surface area contributed by atoms with Crippen molar-refractivity contribution in [1.29, 1.82) is 0 Å². The Morgan fingerprint density at radius 2 is 1.88 bits per heavy atom. The van der Waals surface area contributed by atoms with Gasteiger partial charge in [-0.25, -0.2) is 0 Å². The Hall–Kier alpha value is -2.84. The van der Waals surface area contributed by atoms with Crippen LogP contribution in [0.1, 0.15) is 35.6 Å². The number of nitrogens with one attached hydrogen (secondary N) is 1. The molecule has 2 rings (SSSR count). The Kier molecular flexibility index (Phi) is 5.45. The summed E-state index contributed by atoms with van der Waals surface area (Å²) in [7, 11) is 0. The number of anilines is 1. The molecule has 6 nitrogen and oxygen atoms in total. The number of rotatable bonds is 6. The van der Waals surface area contributed by atoms with Gasteiger partial charge in [-0.3, -0.25) is 9.59 Å². The molecule has 1 aromatic heterocycles. The number of nitrogens with zero attached hydrogens (tertiary/aromatic N) is 1. The van der Waals surface area contributed by atoms with Crippen LogP contribution in [0.4, 0.5) is 19.0 Å². The summed E-state index contributed by atoms with van der Waals surface area (Å²) in [4.78, 5) is 23.1. The second-order valence-corrected chi connectivity index (χ2v) is 5.49. The number of benzene rings is 1. The van der Waals surface area contributed by atoms with E-state index in [9.17, 15) is 22.8 Å². The molecule has 134 valence electrons. The second kappa shape index (κ2) is 7.37. The van der Waals surface area contributed by atoms with Crippen LogP contribution in [0.2, 0.25) is 0 Å². The maximum Gasteiger partial charge on any atom is 0.416 e. The monoisotopic (exact) mass is 356 g/mol. The van der Waals surface area contributed by atoms with Crippen molar-refractivity contribution in [2.24, 2.45) is 0 Å². The number of aryl methyl sites for hydroxylation is 1. The molecule has 0 saturated heterocycles. The predicted molar refractivity (Wildman–Crippen MR) is 80.9 cm³/mol. The molecule has 0 bridgehead atoms. The molecule has 0 spiro atoms. The minimum atomic E-state index is -4.48. The number of hydrogen-bond acceptors (Lipinski definition) is 4. The molecule has 2 aromatic rings. The van der Waals surface area contributed by atoms with Gasteiger partial charge in [0.15, 0.2) is 5.82 Å². The number of aliphatic carboxylic acids is 1. The zero-order chi connectivity index (χ0) is 18.6. The van der Waals surface area contributed by atoms with Crippen molar-refractivity contribution in [2.75, 3.05) is 5.32 Å². The van der Waals surface area contributed by atoms with Crippen LogP contribution >= 0.6 is 0 Å². The highest BCUT2D eigenvalue weighted by Crippen LogP contribution is 2.31. The van der Waals surface area contributed by atoms with Gasteiger partial charge in [-0.1, -0.05) is 17.3 Å². The number of halogens is 3. The zero-order valence-electron chi connectivity index (χ0n) is 13.1. The molecule has 25 heavy (non-hydrogen) atoms. The lowest BCUT2D eigenvalue weighted by Gasteiger charge is -2.16. The number of carbonyl (C=O) groups is 2. The fourth-order valence-corrected chi connectivity index (χ4v) is 2.31. The van der Waals surface area contributed by atoms with Gasteiger partial charge in [0.05, 0.1) is 12.0 Å². The lowest BCUT2D eigenvalue weighted by Crippen LogP contribution is -2.18. The number of aromatic nitrogens is 1. The largest absolute Gasteiger partial charge is 0.481 e. The number of carboxylic acid groups (broad SMARTS) is 1. The van der Waals surface area contributed by atoms with Gasteiger partial charge < -0.3 is 14.9 Å². The van der Waals surface area contributed by atoms with Gasteiger partial charge in [0, 0.05) is 18.4 Å². The van der Waals surface area contributed by atoms with Crippen molar-refractivity contribution in [3.05, 3.63) is 47.2 Å². The first-order valence-electron chi connectivity index (χ1n) is 7.27. The standard InChI is InChI=1S/C16H15F3N2O4/c1-9-6-13(21-25-9)20-14(22)7-11(8-15(23)24)10-2-4-12(5-3-10)16(17,18)19/h2-6,11H,7-8H2,1H3,(H,23,24)(H,20,21,22)/t11-/m1/s1. The van der Waals surface area contributed by atoms with E-state index in [1.165, 1.54) is 18.2 Å². The third kappa shape index (κ3) is 5.33. The molecular weight excluding hydrogens is 341 g/mol. The van der Waals surface area contributed by atoms with E-state index in [1.54, 1.807) is 6.92 Å². The van der Waals surface area contributed by atoms with Crippen LogP contribution in [0.15, 0.2) is 34.9 Å². The average molecular weight is 356 g/mol. The van der Waals surface area contributed by atoms with E-state index in [4.69, 9.17) is 9.63 Å². The van der Waals surface area contributed by atoms with E-state index in [2.05, 4.69) is 10.5 Å². The molecular formula is C16H15F3N2O4. The predicted octanol–water partition coefficient (Wildman–Crippen LogP) is 3.59. The van der Waals surface area contributed by atoms with Crippen molar-refractivity contribution < 1.29 is 32.4 Å². The van der Waals surface area contributed by atoms with Gasteiger partial charge in [-0.05, 0) is 24.6 Å². The van der Waals surface area contributed by atoms with Crippen LogP contribution in [0.25, 0.3) is 0 Å². The molecule has 0 fully saturated rings. The van der Waals surface area contributed by atoms with Crippen molar-refractivity contribution in [1.82, 2.24) is 5.16 Å². The average Bonchev–Trinajstić information content (AvgIpc) is 2.90. The smallest absolute Gasteiger partial charge is 0.416 e. The molecule has 9 heteroatoms. The van der Waals surface area contributed by atoms with Crippen molar-refractivity contribution in [3.8, 4) is 0 Å². The molecule has 0 aliphatic heterocycles. The first-order chi connectivity index (χ1) is 11.6. The highest BCUT2D eigenvalue weighted by atomic mass is 19.4. The van der Waals surface area contributed by atoms with Crippen LogP contribution in [-0.4, -0.2) is 22.1 Å². The molecule has 0 radical (unpaired) electrons. The Morgan fingerprint density at radius 1 is 1.24 bits per heavy atom. The third-order valence-electron chi connectivity index (χ3n) is 3.46. The van der Waals surface area contributed by atoms with E-state index in [1.807, 2.05) is 0 Å². The van der Waals surface area contributed by atoms with Crippen LogP contribution < -0.4 is 5.32 Å². The first-order valence-corrected chi connectivity index (χ1v) is 7.27. The summed E-state index contributed by atoms with van der Waals surface area (Å²) in [5.41, 5.74) is -0.505. The van der Waals surface area contributed by atoms with Crippen LogP contribution in [0.5, 0.6) is 0 Å². The van der Waals surface area contributed by atoms with Crippen LogP contribution in [-0.2, 0) is 15.8 Å². The Morgan fingerprint density at radius 3 is 2.36 bits per heavy atom. The molecule has 1 atom stereocenters. The fraction of sp³-hybridized carbons (Fsp3) is 0.312. The SMILES string of the molecule is Cc1cc(NC(=O)C[C@H](CC(=O)O)c2ccc(C(F)(F)F)cc2)no1. The normalized spacial score (nSPS) is 12.6. The lowest BCUT2D eigenvalue weighted by molar-refractivity contribution is -0.138. The summed E-state index contributed by atoms with van der Waals surface area (Å²) < 4.78 is 42.6. The van der Waals surface area contributed by atoms with Gasteiger partial charge in [0.1, 0.15) is 5.76 Å². The Labute approximate surface area is 140 Å². The molecule has 0 aliphatic rings. The molecule has 0 aliphatic carbocycles. The van der Waals surface area contributed by atoms with Gasteiger partial charge in [-0.2, -0.15) is 13.2 Å². The second-order valence-electron chi connectivity index (χ2n) is 5.49. The number of carbonyl (C=O) groups excluding carboxylic acids is 1.